The average molecular weight is 278 g/mol. The van der Waals surface area contributed by atoms with Crippen molar-refractivity contribution in [1.82, 2.24) is 0 Å². The molecular weight excluding hydrogens is 244 g/mol. The molecule has 0 amide bonds. The summed E-state index contributed by atoms with van der Waals surface area (Å²) in [7, 11) is 0. The maximum Gasteiger partial charge on any atom is 0.0540 e. The Morgan fingerprint density at radius 1 is 0.550 bits per heavy atom. The van der Waals surface area contributed by atoms with Crippen LogP contribution in [0.5, 0.6) is 0 Å². The molecular formula is C19H34O. The number of rotatable bonds is 3. The summed E-state index contributed by atoms with van der Waals surface area (Å²) in [5, 5.41) is 9.61. The van der Waals surface area contributed by atoms with Gasteiger partial charge in [-0.3, -0.25) is 0 Å². The third kappa shape index (κ3) is 4.00. The summed E-state index contributed by atoms with van der Waals surface area (Å²) in [4.78, 5) is 0. The topological polar surface area (TPSA) is 20.2 Å². The van der Waals surface area contributed by atoms with Crippen LogP contribution in [0.3, 0.4) is 0 Å². The van der Waals surface area contributed by atoms with Crippen LogP contribution >= 0.6 is 0 Å². The first-order valence-electron chi connectivity index (χ1n) is 9.49. The third-order valence-corrected chi connectivity index (χ3v) is 6.69. The predicted octanol–water partition coefficient (Wildman–Crippen LogP) is 5.31. The van der Waals surface area contributed by atoms with E-state index in [-0.39, 0.29) is 6.10 Å². The molecule has 1 nitrogen and oxygen atoms in total. The quantitative estimate of drug-likeness (QED) is 0.741. The van der Waals surface area contributed by atoms with E-state index >= 15 is 0 Å². The van der Waals surface area contributed by atoms with Gasteiger partial charge in [-0.1, -0.05) is 44.9 Å². The fourth-order valence-electron chi connectivity index (χ4n) is 5.35. The molecule has 1 heteroatoms. The molecule has 0 aromatic rings. The van der Waals surface area contributed by atoms with Crippen molar-refractivity contribution in [1.29, 1.82) is 0 Å². The molecule has 0 aliphatic heterocycles. The largest absolute Gasteiger partial charge is 0.393 e. The van der Waals surface area contributed by atoms with Crippen molar-refractivity contribution in [3.8, 4) is 0 Å². The molecule has 0 unspecified atom stereocenters. The highest BCUT2D eigenvalue weighted by atomic mass is 16.3. The first-order valence-corrected chi connectivity index (χ1v) is 9.49. The first kappa shape index (κ1) is 14.9. The minimum Gasteiger partial charge on any atom is -0.393 e. The molecule has 3 fully saturated rings. The molecule has 3 rings (SSSR count). The van der Waals surface area contributed by atoms with E-state index in [1.165, 1.54) is 77.0 Å². The van der Waals surface area contributed by atoms with Gasteiger partial charge >= 0.3 is 0 Å². The minimum atomic E-state index is 0.0216. The smallest absolute Gasteiger partial charge is 0.0540 e. The molecule has 20 heavy (non-hydrogen) atoms. The lowest BCUT2D eigenvalue weighted by molar-refractivity contribution is 0.0927. The zero-order chi connectivity index (χ0) is 13.8. The van der Waals surface area contributed by atoms with Gasteiger partial charge in [-0.05, 0) is 68.6 Å². The van der Waals surface area contributed by atoms with Crippen molar-refractivity contribution in [3.63, 3.8) is 0 Å². The second-order valence-corrected chi connectivity index (χ2v) is 8.09. The molecule has 0 aromatic carbocycles. The van der Waals surface area contributed by atoms with Crippen molar-refractivity contribution < 1.29 is 5.11 Å². The zero-order valence-electron chi connectivity index (χ0n) is 13.2. The summed E-state index contributed by atoms with van der Waals surface area (Å²) in [6, 6.07) is 0. The Morgan fingerprint density at radius 3 is 1.65 bits per heavy atom. The Labute approximate surface area is 125 Å². The molecule has 1 N–H and O–H groups in total. The van der Waals surface area contributed by atoms with Gasteiger partial charge in [-0.15, -0.1) is 0 Å². The Morgan fingerprint density at radius 2 is 1.05 bits per heavy atom. The molecule has 0 atom stereocenters. The van der Waals surface area contributed by atoms with E-state index in [0.717, 1.165) is 36.5 Å². The maximum atomic E-state index is 9.61. The van der Waals surface area contributed by atoms with E-state index in [9.17, 15) is 5.11 Å². The maximum absolute atomic E-state index is 9.61. The monoisotopic (exact) mass is 278 g/mol. The highest BCUT2D eigenvalue weighted by Crippen LogP contribution is 2.42. The van der Waals surface area contributed by atoms with Crippen LogP contribution in [-0.2, 0) is 0 Å². The van der Waals surface area contributed by atoms with Gasteiger partial charge < -0.3 is 5.11 Å². The summed E-state index contributed by atoms with van der Waals surface area (Å²) in [5.74, 6) is 4.14. The molecule has 0 radical (unpaired) electrons. The summed E-state index contributed by atoms with van der Waals surface area (Å²) in [6.07, 6.45) is 19.9. The molecule has 116 valence electrons. The second-order valence-electron chi connectivity index (χ2n) is 8.09. The van der Waals surface area contributed by atoms with Gasteiger partial charge in [0.05, 0.1) is 6.10 Å². The van der Waals surface area contributed by atoms with Gasteiger partial charge in [-0.2, -0.15) is 0 Å². The average Bonchev–Trinajstić information content (AvgIpc) is 2.51. The lowest BCUT2D eigenvalue weighted by Crippen LogP contribution is -2.26. The van der Waals surface area contributed by atoms with Gasteiger partial charge in [0, 0.05) is 0 Å². The van der Waals surface area contributed by atoms with Crippen LogP contribution in [0.2, 0.25) is 0 Å². The molecule has 0 spiro atoms. The van der Waals surface area contributed by atoms with Crippen LogP contribution in [0.1, 0.15) is 89.9 Å². The summed E-state index contributed by atoms with van der Waals surface area (Å²) in [6.45, 7) is 0. The predicted molar refractivity (Wildman–Crippen MR) is 84.6 cm³/mol. The first-order chi connectivity index (χ1) is 9.81. The molecule has 0 bridgehead atoms. The van der Waals surface area contributed by atoms with Crippen molar-refractivity contribution in [2.75, 3.05) is 0 Å². The lowest BCUT2D eigenvalue weighted by atomic mass is 9.69. The molecule has 0 saturated heterocycles. The molecule has 3 aliphatic carbocycles. The van der Waals surface area contributed by atoms with Crippen molar-refractivity contribution in [3.05, 3.63) is 0 Å². The Bertz CT molecular complexity index is 265. The van der Waals surface area contributed by atoms with Crippen molar-refractivity contribution in [2.45, 2.75) is 96.0 Å². The van der Waals surface area contributed by atoms with Gasteiger partial charge in [0.1, 0.15) is 0 Å². The van der Waals surface area contributed by atoms with Gasteiger partial charge in [0.15, 0.2) is 0 Å². The van der Waals surface area contributed by atoms with E-state index in [1.807, 2.05) is 0 Å². The molecule has 0 aromatic heterocycles. The molecule has 3 saturated carbocycles. The van der Waals surface area contributed by atoms with Crippen molar-refractivity contribution >= 4 is 0 Å². The van der Waals surface area contributed by atoms with Crippen LogP contribution in [-0.4, -0.2) is 11.2 Å². The summed E-state index contributed by atoms with van der Waals surface area (Å²) < 4.78 is 0. The lowest BCUT2D eigenvalue weighted by Gasteiger charge is -2.37. The summed E-state index contributed by atoms with van der Waals surface area (Å²) in [5.41, 5.74) is 0. The fraction of sp³-hybridized carbons (Fsp3) is 1.00. The third-order valence-electron chi connectivity index (χ3n) is 6.69. The van der Waals surface area contributed by atoms with E-state index < -0.39 is 0 Å². The highest BCUT2D eigenvalue weighted by Gasteiger charge is 2.30. The number of aliphatic hydroxyl groups excluding tert-OH is 1. The van der Waals surface area contributed by atoms with Crippen LogP contribution in [0.25, 0.3) is 0 Å². The van der Waals surface area contributed by atoms with Gasteiger partial charge in [0.25, 0.3) is 0 Å². The number of hydrogen-bond donors (Lipinski definition) is 1. The van der Waals surface area contributed by atoms with E-state index in [2.05, 4.69) is 0 Å². The fourth-order valence-corrected chi connectivity index (χ4v) is 5.35. The standard InChI is InChI=1S/C19H34O/c20-19-12-8-16(9-13-19)14-15-6-10-18(11-7-15)17-4-2-1-3-5-17/h15-20H,1-14H2. The van der Waals surface area contributed by atoms with E-state index in [1.54, 1.807) is 0 Å². The van der Waals surface area contributed by atoms with E-state index in [4.69, 9.17) is 0 Å². The van der Waals surface area contributed by atoms with Gasteiger partial charge in [0.2, 0.25) is 0 Å². The Hall–Kier alpha value is -0.0400. The Balaban J connectivity index is 1.37. The SMILES string of the molecule is OC1CCC(CC2CCC(C3CCCCC3)CC2)CC1. The normalized spacial score (nSPS) is 40.6. The molecule has 3 aliphatic rings. The second kappa shape index (κ2) is 7.29. The minimum absolute atomic E-state index is 0.0216. The van der Waals surface area contributed by atoms with Crippen LogP contribution in [0.4, 0.5) is 0 Å². The number of hydrogen-bond acceptors (Lipinski definition) is 1. The van der Waals surface area contributed by atoms with Gasteiger partial charge in [-0.25, -0.2) is 0 Å². The number of aliphatic hydroxyl groups is 1. The van der Waals surface area contributed by atoms with Crippen molar-refractivity contribution in [2.24, 2.45) is 23.7 Å². The Kier molecular flexibility index (Phi) is 5.42. The van der Waals surface area contributed by atoms with Crippen LogP contribution in [0, 0.1) is 23.7 Å². The van der Waals surface area contributed by atoms with Crippen LogP contribution in [0.15, 0.2) is 0 Å². The highest BCUT2D eigenvalue weighted by molar-refractivity contribution is 4.82. The van der Waals surface area contributed by atoms with E-state index in [0.29, 0.717) is 0 Å². The molecule has 0 heterocycles. The summed E-state index contributed by atoms with van der Waals surface area (Å²) >= 11 is 0. The van der Waals surface area contributed by atoms with Crippen LogP contribution < -0.4 is 0 Å². The zero-order valence-corrected chi connectivity index (χ0v) is 13.2.